The Hall–Kier alpha value is -1.75. The number of methoxy groups -OCH3 is 1. The molecule has 0 saturated carbocycles. The van der Waals surface area contributed by atoms with E-state index in [2.05, 4.69) is 0 Å². The number of hydrogen-bond donors (Lipinski definition) is 0. The van der Waals surface area contributed by atoms with Crippen molar-refractivity contribution in [2.75, 3.05) is 20.3 Å². The minimum absolute atomic E-state index is 0.138. The summed E-state index contributed by atoms with van der Waals surface area (Å²) >= 11 is 5.49. The summed E-state index contributed by atoms with van der Waals surface area (Å²) in [5.74, 6) is 0.815. The number of amides is 1. The van der Waals surface area contributed by atoms with E-state index in [9.17, 15) is 9.59 Å². The maximum atomic E-state index is 12.1. The molecule has 1 aromatic rings. The van der Waals surface area contributed by atoms with E-state index in [0.29, 0.717) is 24.5 Å². The molecule has 1 aromatic carbocycles. The number of hydrogen-bond acceptors (Lipinski definition) is 4. The third-order valence-electron chi connectivity index (χ3n) is 3.26. The van der Waals surface area contributed by atoms with Crippen molar-refractivity contribution >= 4 is 22.8 Å². The summed E-state index contributed by atoms with van der Waals surface area (Å²) in [4.78, 5) is 24.8. The number of halogens is 1. The summed E-state index contributed by atoms with van der Waals surface area (Å²) in [6, 6.07) is 6.56. The normalized spacial score (nSPS) is 17.9. The highest BCUT2D eigenvalue weighted by Gasteiger charge is 2.33. The molecule has 108 valence electrons. The fourth-order valence-corrected chi connectivity index (χ4v) is 2.49. The molecule has 1 saturated heterocycles. The van der Waals surface area contributed by atoms with Crippen LogP contribution in [0.2, 0.25) is 0 Å². The van der Waals surface area contributed by atoms with Crippen LogP contribution >= 0.6 is 11.6 Å². The Morgan fingerprint density at radius 3 is 2.70 bits per heavy atom. The summed E-state index contributed by atoms with van der Waals surface area (Å²) < 4.78 is 10.6. The number of carbonyl (C=O) groups is 2. The molecule has 0 radical (unpaired) electrons. The minimum Gasteiger partial charge on any atom is -0.493 e. The highest BCUT2D eigenvalue weighted by atomic mass is 35.5. The Kier molecular flexibility index (Phi) is 4.84. The standard InChI is InChI=1S/C14H16ClNO4/c1-19-11-6-2-3-7-12(11)20-9-13(17)16-8-4-5-10(16)14(15)18/h2-3,6-7,10H,4-5,8-9H2,1H3. The molecule has 0 spiro atoms. The highest BCUT2D eigenvalue weighted by Crippen LogP contribution is 2.26. The van der Waals surface area contributed by atoms with E-state index < -0.39 is 11.3 Å². The van der Waals surface area contributed by atoms with Crippen molar-refractivity contribution < 1.29 is 19.1 Å². The van der Waals surface area contributed by atoms with E-state index in [4.69, 9.17) is 21.1 Å². The van der Waals surface area contributed by atoms with Crippen molar-refractivity contribution in [1.29, 1.82) is 0 Å². The van der Waals surface area contributed by atoms with Crippen LogP contribution in [0.1, 0.15) is 12.8 Å². The first-order valence-corrected chi connectivity index (χ1v) is 6.76. The van der Waals surface area contributed by atoms with Gasteiger partial charge in [0, 0.05) is 6.54 Å². The van der Waals surface area contributed by atoms with Crippen molar-refractivity contribution in [1.82, 2.24) is 4.90 Å². The van der Waals surface area contributed by atoms with Crippen LogP contribution in [0.3, 0.4) is 0 Å². The summed E-state index contributed by atoms with van der Waals surface area (Å²) in [5, 5.41) is -0.492. The molecule has 1 atom stereocenters. The summed E-state index contributed by atoms with van der Waals surface area (Å²) in [5.41, 5.74) is 0. The molecule has 1 aliphatic rings. The Labute approximate surface area is 122 Å². The number of rotatable bonds is 5. The predicted molar refractivity (Wildman–Crippen MR) is 74.1 cm³/mol. The molecule has 5 nitrogen and oxygen atoms in total. The molecular formula is C14H16ClNO4. The van der Waals surface area contributed by atoms with E-state index >= 15 is 0 Å². The summed E-state index contributed by atoms with van der Waals surface area (Å²) in [6.45, 7) is 0.401. The topological polar surface area (TPSA) is 55.8 Å². The lowest BCUT2D eigenvalue weighted by Gasteiger charge is -2.22. The second-order valence-electron chi connectivity index (χ2n) is 4.49. The van der Waals surface area contributed by atoms with Crippen molar-refractivity contribution in [2.24, 2.45) is 0 Å². The first-order valence-electron chi connectivity index (χ1n) is 6.38. The van der Waals surface area contributed by atoms with Crippen LogP contribution in [0.25, 0.3) is 0 Å². The zero-order valence-electron chi connectivity index (χ0n) is 11.2. The van der Waals surface area contributed by atoms with E-state index in [1.807, 2.05) is 6.07 Å². The smallest absolute Gasteiger partial charge is 0.261 e. The second kappa shape index (κ2) is 6.61. The van der Waals surface area contributed by atoms with Gasteiger partial charge in [-0.3, -0.25) is 9.59 Å². The monoisotopic (exact) mass is 297 g/mol. The van der Waals surface area contributed by atoms with Crippen LogP contribution in [0.4, 0.5) is 0 Å². The first kappa shape index (κ1) is 14.7. The van der Waals surface area contributed by atoms with Gasteiger partial charge in [-0.05, 0) is 36.6 Å². The molecule has 0 aromatic heterocycles. The zero-order chi connectivity index (χ0) is 14.5. The number of para-hydroxylation sites is 2. The van der Waals surface area contributed by atoms with Gasteiger partial charge in [0.2, 0.25) is 5.24 Å². The zero-order valence-corrected chi connectivity index (χ0v) is 11.9. The Morgan fingerprint density at radius 2 is 2.05 bits per heavy atom. The van der Waals surface area contributed by atoms with Crippen molar-refractivity contribution in [3.63, 3.8) is 0 Å². The Morgan fingerprint density at radius 1 is 1.35 bits per heavy atom. The van der Waals surface area contributed by atoms with Gasteiger partial charge in [0.25, 0.3) is 5.91 Å². The molecule has 1 unspecified atom stereocenters. The lowest BCUT2D eigenvalue weighted by molar-refractivity contribution is -0.137. The van der Waals surface area contributed by atoms with E-state index in [0.717, 1.165) is 6.42 Å². The largest absolute Gasteiger partial charge is 0.493 e. The van der Waals surface area contributed by atoms with Crippen molar-refractivity contribution in [3.8, 4) is 11.5 Å². The van der Waals surface area contributed by atoms with Crippen LogP contribution in [-0.4, -0.2) is 42.4 Å². The second-order valence-corrected chi connectivity index (χ2v) is 4.86. The predicted octanol–water partition coefficient (Wildman–Crippen LogP) is 1.83. The first-order chi connectivity index (χ1) is 9.63. The van der Waals surface area contributed by atoms with Gasteiger partial charge >= 0.3 is 0 Å². The maximum absolute atomic E-state index is 12.1. The number of carbonyl (C=O) groups excluding carboxylic acids is 2. The van der Waals surface area contributed by atoms with Gasteiger partial charge in [-0.1, -0.05) is 12.1 Å². The van der Waals surface area contributed by atoms with E-state index in [1.54, 1.807) is 18.2 Å². The summed E-state index contributed by atoms with van der Waals surface area (Å²) in [7, 11) is 1.53. The quantitative estimate of drug-likeness (QED) is 0.778. The van der Waals surface area contributed by atoms with Gasteiger partial charge in [0.1, 0.15) is 6.04 Å². The molecule has 1 amide bonds. The molecular weight excluding hydrogens is 282 g/mol. The molecule has 20 heavy (non-hydrogen) atoms. The minimum atomic E-state index is -0.523. The number of benzene rings is 1. The Balaban J connectivity index is 1.97. The number of ether oxygens (including phenoxy) is 2. The Bertz CT molecular complexity index is 506. The van der Waals surface area contributed by atoms with Gasteiger partial charge in [-0.25, -0.2) is 0 Å². The molecule has 0 aliphatic carbocycles. The molecule has 0 bridgehead atoms. The molecule has 1 fully saturated rings. The summed E-state index contributed by atoms with van der Waals surface area (Å²) in [6.07, 6.45) is 1.40. The molecule has 1 heterocycles. The van der Waals surface area contributed by atoms with Crippen LogP contribution in [-0.2, 0) is 9.59 Å². The third-order valence-corrected chi connectivity index (χ3v) is 3.51. The van der Waals surface area contributed by atoms with Gasteiger partial charge in [-0.2, -0.15) is 0 Å². The van der Waals surface area contributed by atoms with Crippen LogP contribution in [0.5, 0.6) is 11.5 Å². The number of likely N-dealkylation sites (tertiary alicyclic amines) is 1. The van der Waals surface area contributed by atoms with Gasteiger partial charge in [-0.15, -0.1) is 0 Å². The molecule has 0 N–H and O–H groups in total. The van der Waals surface area contributed by atoms with Crippen LogP contribution in [0.15, 0.2) is 24.3 Å². The fourth-order valence-electron chi connectivity index (χ4n) is 2.26. The van der Waals surface area contributed by atoms with Gasteiger partial charge in [0.05, 0.1) is 7.11 Å². The van der Waals surface area contributed by atoms with Crippen LogP contribution < -0.4 is 9.47 Å². The maximum Gasteiger partial charge on any atom is 0.261 e. The molecule has 2 rings (SSSR count). The van der Waals surface area contributed by atoms with E-state index in [1.165, 1.54) is 12.0 Å². The SMILES string of the molecule is COc1ccccc1OCC(=O)N1CCCC1C(=O)Cl. The average Bonchev–Trinajstić information content (AvgIpc) is 2.94. The lowest BCUT2D eigenvalue weighted by atomic mass is 10.2. The molecule has 6 heteroatoms. The van der Waals surface area contributed by atoms with Gasteiger partial charge < -0.3 is 14.4 Å². The van der Waals surface area contributed by atoms with E-state index in [-0.39, 0.29) is 12.5 Å². The highest BCUT2D eigenvalue weighted by molar-refractivity contribution is 6.64. The lowest BCUT2D eigenvalue weighted by Crippen LogP contribution is -2.41. The van der Waals surface area contributed by atoms with Crippen LogP contribution in [0, 0.1) is 0 Å². The number of nitrogens with zero attached hydrogens (tertiary/aromatic N) is 1. The van der Waals surface area contributed by atoms with Crippen molar-refractivity contribution in [3.05, 3.63) is 24.3 Å². The van der Waals surface area contributed by atoms with Crippen molar-refractivity contribution in [2.45, 2.75) is 18.9 Å². The fraction of sp³-hybridized carbons (Fsp3) is 0.429. The average molecular weight is 298 g/mol. The third kappa shape index (κ3) is 3.22. The van der Waals surface area contributed by atoms with Gasteiger partial charge in [0.15, 0.2) is 18.1 Å². The molecule has 1 aliphatic heterocycles.